The van der Waals surface area contributed by atoms with E-state index < -0.39 is 30.2 Å². The average Bonchev–Trinajstić information content (AvgIpc) is 2.97. The molecule has 0 aromatic carbocycles. The van der Waals surface area contributed by atoms with Crippen LogP contribution < -0.4 is 16.4 Å². The number of hydrogen-bond donors (Lipinski definition) is 5. The first-order valence-electron chi connectivity index (χ1n) is 6.38. The number of ether oxygens (including phenoxy) is 1. The highest BCUT2D eigenvalue weighted by molar-refractivity contribution is 5.83. The van der Waals surface area contributed by atoms with E-state index in [2.05, 4.69) is 25.5 Å². The van der Waals surface area contributed by atoms with Gasteiger partial charge in [-0.2, -0.15) is 4.98 Å². The van der Waals surface area contributed by atoms with Crippen LogP contribution in [0.2, 0.25) is 0 Å². The number of amides is 2. The summed E-state index contributed by atoms with van der Waals surface area (Å²) in [6.45, 7) is 0.870. The van der Waals surface area contributed by atoms with Crippen LogP contribution in [0.5, 0.6) is 0 Å². The number of aliphatic hydroxyl groups excluding tert-OH is 2. The van der Waals surface area contributed by atoms with E-state index in [1.54, 1.807) is 0 Å². The Labute approximate surface area is 125 Å². The number of nitrogens with zero attached hydrogens (tertiary/aromatic N) is 2. The summed E-state index contributed by atoms with van der Waals surface area (Å²) < 4.78 is 9.28. The van der Waals surface area contributed by atoms with Crippen molar-refractivity contribution in [3.05, 3.63) is 11.7 Å². The van der Waals surface area contributed by atoms with E-state index in [0.29, 0.717) is 0 Å². The molecule has 0 aliphatic carbocycles. The fourth-order valence-corrected chi connectivity index (χ4v) is 1.42. The van der Waals surface area contributed by atoms with Crippen LogP contribution in [0.1, 0.15) is 24.7 Å². The number of aliphatic hydroxyl groups is 2. The van der Waals surface area contributed by atoms with E-state index in [9.17, 15) is 14.7 Å². The third kappa shape index (κ3) is 4.95. The van der Waals surface area contributed by atoms with Crippen molar-refractivity contribution in [2.24, 2.45) is 5.73 Å². The number of hydrogen-bond acceptors (Lipinski definition) is 9. The van der Waals surface area contributed by atoms with Crippen LogP contribution in [0.3, 0.4) is 0 Å². The van der Waals surface area contributed by atoms with Gasteiger partial charge in [0.1, 0.15) is 0 Å². The van der Waals surface area contributed by atoms with Crippen molar-refractivity contribution in [2.45, 2.75) is 31.7 Å². The molecule has 0 aliphatic rings. The molecule has 0 aliphatic heterocycles. The van der Waals surface area contributed by atoms with Gasteiger partial charge in [0.2, 0.25) is 5.89 Å². The number of methoxy groups -OCH3 is 1. The van der Waals surface area contributed by atoms with Crippen molar-refractivity contribution in [3.8, 4) is 0 Å². The van der Waals surface area contributed by atoms with Gasteiger partial charge < -0.3 is 35.8 Å². The first kappa shape index (κ1) is 17.8. The van der Waals surface area contributed by atoms with E-state index in [1.165, 1.54) is 6.92 Å². The van der Waals surface area contributed by atoms with E-state index in [4.69, 9.17) is 15.4 Å². The Morgan fingerprint density at radius 1 is 1.50 bits per heavy atom. The van der Waals surface area contributed by atoms with Gasteiger partial charge in [-0.25, -0.2) is 9.59 Å². The minimum atomic E-state index is -1.20. The van der Waals surface area contributed by atoms with Gasteiger partial charge in [0.15, 0.2) is 11.9 Å². The van der Waals surface area contributed by atoms with Gasteiger partial charge in [-0.05, 0) is 6.92 Å². The number of carbonyl (C=O) groups is 2. The summed E-state index contributed by atoms with van der Waals surface area (Å²) >= 11 is 0. The standard InChI is InChI=1S/C11H19N5O6/c1-5(18)8(10(19)21-2)15-11(20)13-3-7-14-9(16-22-7)6(12)4-17/h5-6,8,17-18H,3-4,12H2,1-2H3,(H2,13,15,20)/t5?,6-,8-/m0/s1. The molecule has 124 valence electrons. The lowest BCUT2D eigenvalue weighted by atomic mass is 10.2. The number of nitrogens with one attached hydrogen (secondary N) is 2. The zero-order chi connectivity index (χ0) is 16.7. The predicted molar refractivity (Wildman–Crippen MR) is 71.2 cm³/mol. The molecule has 1 aromatic rings. The Balaban J connectivity index is 2.51. The first-order chi connectivity index (χ1) is 10.4. The lowest BCUT2D eigenvalue weighted by Gasteiger charge is -2.18. The summed E-state index contributed by atoms with van der Waals surface area (Å²) in [7, 11) is 1.14. The zero-order valence-electron chi connectivity index (χ0n) is 12.1. The Morgan fingerprint density at radius 3 is 2.73 bits per heavy atom. The smallest absolute Gasteiger partial charge is 0.331 e. The molecule has 0 bridgehead atoms. The Kier molecular flexibility index (Phi) is 6.69. The molecule has 11 heteroatoms. The summed E-state index contributed by atoms with van der Waals surface area (Å²) in [6, 6.07) is -2.71. The lowest BCUT2D eigenvalue weighted by Crippen LogP contribution is -2.51. The van der Waals surface area contributed by atoms with Gasteiger partial charge in [-0.1, -0.05) is 5.16 Å². The van der Waals surface area contributed by atoms with Gasteiger partial charge in [-0.15, -0.1) is 0 Å². The van der Waals surface area contributed by atoms with Crippen LogP contribution in [-0.2, 0) is 16.1 Å². The number of carbonyl (C=O) groups excluding carboxylic acids is 2. The maximum Gasteiger partial charge on any atom is 0.331 e. The summed E-state index contributed by atoms with van der Waals surface area (Å²) in [5, 5.41) is 26.4. The maximum absolute atomic E-state index is 11.7. The van der Waals surface area contributed by atoms with Crippen LogP contribution >= 0.6 is 0 Å². The van der Waals surface area contributed by atoms with Gasteiger partial charge in [0, 0.05) is 0 Å². The number of nitrogens with two attached hydrogens (primary N) is 1. The number of esters is 1. The molecule has 1 rings (SSSR count). The van der Waals surface area contributed by atoms with Crippen molar-refractivity contribution in [1.29, 1.82) is 0 Å². The second kappa shape index (κ2) is 8.26. The third-order valence-electron chi connectivity index (χ3n) is 2.64. The highest BCUT2D eigenvalue weighted by Crippen LogP contribution is 2.05. The molecule has 0 radical (unpaired) electrons. The Morgan fingerprint density at radius 2 is 2.18 bits per heavy atom. The van der Waals surface area contributed by atoms with Crippen LogP contribution in [0.25, 0.3) is 0 Å². The van der Waals surface area contributed by atoms with E-state index in [-0.39, 0.29) is 24.9 Å². The quantitative estimate of drug-likeness (QED) is 0.349. The fraction of sp³-hybridized carbons (Fsp3) is 0.636. The molecule has 0 fully saturated rings. The van der Waals surface area contributed by atoms with Crippen molar-refractivity contribution in [1.82, 2.24) is 20.8 Å². The molecule has 0 saturated carbocycles. The van der Waals surface area contributed by atoms with Crippen LogP contribution in [0, 0.1) is 0 Å². The first-order valence-corrected chi connectivity index (χ1v) is 6.38. The molecular weight excluding hydrogens is 298 g/mol. The molecule has 1 heterocycles. The lowest BCUT2D eigenvalue weighted by molar-refractivity contribution is -0.145. The monoisotopic (exact) mass is 317 g/mol. The second-order valence-corrected chi connectivity index (χ2v) is 4.40. The summed E-state index contributed by atoms with van der Waals surface area (Å²) in [5.41, 5.74) is 5.50. The summed E-state index contributed by atoms with van der Waals surface area (Å²) in [6.07, 6.45) is -1.13. The molecule has 0 saturated heterocycles. The average molecular weight is 317 g/mol. The molecule has 1 unspecified atom stereocenters. The molecular formula is C11H19N5O6. The molecule has 6 N–H and O–H groups in total. The minimum Gasteiger partial charge on any atom is -0.467 e. The number of urea groups is 1. The Hall–Kier alpha value is -2.24. The number of rotatable bonds is 7. The van der Waals surface area contributed by atoms with E-state index in [1.807, 2.05) is 0 Å². The van der Waals surface area contributed by atoms with Gasteiger partial charge in [0.05, 0.1) is 32.4 Å². The molecule has 2 amide bonds. The second-order valence-electron chi connectivity index (χ2n) is 4.40. The summed E-state index contributed by atoms with van der Waals surface area (Å²) in [4.78, 5) is 26.9. The van der Waals surface area contributed by atoms with E-state index in [0.717, 1.165) is 7.11 Å². The van der Waals surface area contributed by atoms with Gasteiger partial charge >= 0.3 is 12.0 Å². The molecule has 3 atom stereocenters. The molecule has 1 aromatic heterocycles. The third-order valence-corrected chi connectivity index (χ3v) is 2.64. The molecule has 0 spiro atoms. The maximum atomic E-state index is 11.7. The topological polar surface area (TPSA) is 173 Å². The van der Waals surface area contributed by atoms with Crippen molar-refractivity contribution in [3.63, 3.8) is 0 Å². The molecule has 22 heavy (non-hydrogen) atoms. The molecule has 11 nitrogen and oxygen atoms in total. The number of aromatic nitrogens is 2. The normalized spacial score (nSPS) is 14.8. The largest absolute Gasteiger partial charge is 0.467 e. The fourth-order valence-electron chi connectivity index (χ4n) is 1.42. The Bertz CT molecular complexity index is 505. The van der Waals surface area contributed by atoms with E-state index >= 15 is 0 Å². The van der Waals surface area contributed by atoms with Crippen molar-refractivity contribution >= 4 is 12.0 Å². The van der Waals surface area contributed by atoms with Crippen molar-refractivity contribution < 1.29 is 29.1 Å². The van der Waals surface area contributed by atoms with Gasteiger partial charge in [-0.3, -0.25) is 0 Å². The van der Waals surface area contributed by atoms with Gasteiger partial charge in [0.25, 0.3) is 0 Å². The summed E-state index contributed by atoms with van der Waals surface area (Å²) in [5.74, 6) is -0.601. The predicted octanol–water partition coefficient (Wildman–Crippen LogP) is -2.22. The van der Waals surface area contributed by atoms with Crippen molar-refractivity contribution in [2.75, 3.05) is 13.7 Å². The van der Waals surface area contributed by atoms with Crippen LogP contribution in [0.15, 0.2) is 4.52 Å². The van der Waals surface area contributed by atoms with Crippen LogP contribution in [0.4, 0.5) is 4.79 Å². The SMILES string of the molecule is COC(=O)[C@@H](NC(=O)NCc1nc([C@@H](N)CO)no1)C(C)O. The highest BCUT2D eigenvalue weighted by atomic mass is 16.5. The zero-order valence-corrected chi connectivity index (χ0v) is 12.1. The minimum absolute atomic E-state index is 0.0701. The highest BCUT2D eigenvalue weighted by Gasteiger charge is 2.26. The van der Waals surface area contributed by atoms with Crippen LogP contribution in [-0.4, -0.2) is 58.2 Å².